The van der Waals surface area contributed by atoms with Crippen LogP contribution in [-0.4, -0.2) is 13.2 Å². The predicted molar refractivity (Wildman–Crippen MR) is 54.3 cm³/mol. The van der Waals surface area contributed by atoms with Gasteiger partial charge in [0.1, 0.15) is 0 Å². The Labute approximate surface area is 76.1 Å². The average Bonchev–Trinajstić information content (AvgIpc) is 2.10. The van der Waals surface area contributed by atoms with Crippen molar-refractivity contribution in [1.82, 2.24) is 0 Å². The van der Waals surface area contributed by atoms with Gasteiger partial charge in [-0.3, -0.25) is 0 Å². The van der Waals surface area contributed by atoms with Crippen LogP contribution in [0.3, 0.4) is 0 Å². The third-order valence-electron chi connectivity index (χ3n) is 1.70. The molecular formula is C11H20O. The monoisotopic (exact) mass is 168 g/mol. The smallest absolute Gasteiger partial charge is 0.0679 e. The van der Waals surface area contributed by atoms with Gasteiger partial charge in [-0.05, 0) is 25.3 Å². The molecule has 0 aromatic heterocycles. The van der Waals surface area contributed by atoms with E-state index in [1.165, 1.54) is 18.4 Å². The first-order valence-corrected chi connectivity index (χ1v) is 4.73. The van der Waals surface area contributed by atoms with E-state index in [2.05, 4.69) is 19.6 Å². The van der Waals surface area contributed by atoms with Gasteiger partial charge in [0.2, 0.25) is 0 Å². The molecule has 0 amide bonds. The standard InChI is InChI=1S/C11H20O/c1-4-7-9-11(8-5-2)10-12-6-3/h5,8H,2,4,6-7,9-10H2,1,3H3/b11-8-. The fourth-order valence-electron chi connectivity index (χ4n) is 1.01. The van der Waals surface area contributed by atoms with Crippen LogP contribution in [0.4, 0.5) is 0 Å². The first-order chi connectivity index (χ1) is 5.85. The van der Waals surface area contributed by atoms with Gasteiger partial charge in [0.15, 0.2) is 0 Å². The van der Waals surface area contributed by atoms with Gasteiger partial charge in [0, 0.05) is 6.61 Å². The lowest BCUT2D eigenvalue weighted by atomic mass is 10.1. The third kappa shape index (κ3) is 6.17. The van der Waals surface area contributed by atoms with Crippen molar-refractivity contribution >= 4 is 0 Å². The first kappa shape index (κ1) is 11.4. The molecule has 0 bridgehead atoms. The highest BCUT2D eigenvalue weighted by molar-refractivity contribution is 5.10. The Balaban J connectivity index is 3.70. The van der Waals surface area contributed by atoms with Crippen molar-refractivity contribution in [2.24, 2.45) is 0 Å². The van der Waals surface area contributed by atoms with E-state index in [-0.39, 0.29) is 0 Å². The van der Waals surface area contributed by atoms with Crippen LogP contribution in [0.2, 0.25) is 0 Å². The number of unbranched alkanes of at least 4 members (excludes halogenated alkanes) is 1. The van der Waals surface area contributed by atoms with E-state index in [1.807, 2.05) is 13.0 Å². The molecule has 0 aliphatic rings. The zero-order valence-corrected chi connectivity index (χ0v) is 8.31. The van der Waals surface area contributed by atoms with E-state index in [0.29, 0.717) is 0 Å². The van der Waals surface area contributed by atoms with Crippen molar-refractivity contribution in [3.63, 3.8) is 0 Å². The van der Waals surface area contributed by atoms with Crippen molar-refractivity contribution in [3.8, 4) is 0 Å². The second kappa shape index (κ2) is 8.54. The van der Waals surface area contributed by atoms with Crippen LogP contribution in [0.15, 0.2) is 24.3 Å². The predicted octanol–water partition coefficient (Wildman–Crippen LogP) is 3.33. The van der Waals surface area contributed by atoms with Gasteiger partial charge in [-0.15, -0.1) is 0 Å². The van der Waals surface area contributed by atoms with Crippen LogP contribution in [0.25, 0.3) is 0 Å². The maximum Gasteiger partial charge on any atom is 0.0679 e. The van der Waals surface area contributed by atoms with E-state index >= 15 is 0 Å². The molecular weight excluding hydrogens is 148 g/mol. The van der Waals surface area contributed by atoms with Crippen LogP contribution in [0.5, 0.6) is 0 Å². The minimum absolute atomic E-state index is 0.766. The van der Waals surface area contributed by atoms with Gasteiger partial charge in [-0.2, -0.15) is 0 Å². The Morgan fingerprint density at radius 2 is 2.17 bits per heavy atom. The second-order valence-electron chi connectivity index (χ2n) is 2.80. The Morgan fingerprint density at radius 1 is 1.42 bits per heavy atom. The van der Waals surface area contributed by atoms with Crippen LogP contribution < -0.4 is 0 Å². The zero-order valence-electron chi connectivity index (χ0n) is 8.31. The molecule has 0 aromatic rings. The number of ether oxygens (including phenoxy) is 1. The quantitative estimate of drug-likeness (QED) is 0.530. The summed E-state index contributed by atoms with van der Waals surface area (Å²) in [5, 5.41) is 0. The summed E-state index contributed by atoms with van der Waals surface area (Å²) in [7, 11) is 0. The SMILES string of the molecule is C=C/C=C(/CCCC)COCC. The Kier molecular flexibility index (Phi) is 8.14. The van der Waals surface area contributed by atoms with Gasteiger partial charge in [-0.25, -0.2) is 0 Å². The van der Waals surface area contributed by atoms with Gasteiger partial charge in [-0.1, -0.05) is 32.1 Å². The van der Waals surface area contributed by atoms with Crippen molar-refractivity contribution in [2.45, 2.75) is 33.1 Å². The molecule has 0 saturated heterocycles. The fourth-order valence-corrected chi connectivity index (χ4v) is 1.01. The van der Waals surface area contributed by atoms with E-state index < -0.39 is 0 Å². The lowest BCUT2D eigenvalue weighted by Crippen LogP contribution is -1.97. The lowest BCUT2D eigenvalue weighted by Gasteiger charge is -2.05. The molecule has 0 atom stereocenters. The Bertz CT molecular complexity index is 126. The second-order valence-corrected chi connectivity index (χ2v) is 2.80. The Hall–Kier alpha value is -0.560. The van der Waals surface area contributed by atoms with Gasteiger partial charge in [0.25, 0.3) is 0 Å². The molecule has 0 N–H and O–H groups in total. The maximum atomic E-state index is 5.33. The summed E-state index contributed by atoms with van der Waals surface area (Å²) in [6, 6.07) is 0. The molecule has 0 spiro atoms. The van der Waals surface area contributed by atoms with Gasteiger partial charge < -0.3 is 4.74 Å². The van der Waals surface area contributed by atoms with E-state index in [1.54, 1.807) is 0 Å². The summed E-state index contributed by atoms with van der Waals surface area (Å²) in [5.74, 6) is 0. The summed E-state index contributed by atoms with van der Waals surface area (Å²) in [5.41, 5.74) is 1.36. The summed E-state index contributed by atoms with van der Waals surface area (Å²) in [4.78, 5) is 0. The van der Waals surface area contributed by atoms with Crippen molar-refractivity contribution in [2.75, 3.05) is 13.2 Å². The third-order valence-corrected chi connectivity index (χ3v) is 1.70. The van der Waals surface area contributed by atoms with Crippen molar-refractivity contribution < 1.29 is 4.74 Å². The molecule has 0 rings (SSSR count). The summed E-state index contributed by atoms with van der Waals surface area (Å²) < 4.78 is 5.33. The maximum absolute atomic E-state index is 5.33. The van der Waals surface area contributed by atoms with Crippen molar-refractivity contribution in [1.29, 1.82) is 0 Å². The normalized spacial score (nSPS) is 11.7. The number of allylic oxidation sites excluding steroid dienone is 2. The molecule has 0 aliphatic heterocycles. The lowest BCUT2D eigenvalue weighted by molar-refractivity contribution is 0.168. The fraction of sp³-hybridized carbons (Fsp3) is 0.636. The number of rotatable bonds is 7. The molecule has 0 saturated carbocycles. The highest BCUT2D eigenvalue weighted by atomic mass is 16.5. The Morgan fingerprint density at radius 3 is 2.67 bits per heavy atom. The first-order valence-electron chi connectivity index (χ1n) is 4.73. The minimum atomic E-state index is 0.766. The summed E-state index contributed by atoms with van der Waals surface area (Å²) in [6.45, 7) is 9.46. The van der Waals surface area contributed by atoms with Crippen LogP contribution in [0, 0.1) is 0 Å². The van der Waals surface area contributed by atoms with E-state index in [0.717, 1.165) is 19.6 Å². The van der Waals surface area contributed by atoms with E-state index in [4.69, 9.17) is 4.74 Å². The number of hydrogen-bond acceptors (Lipinski definition) is 1. The summed E-state index contributed by atoms with van der Waals surface area (Å²) >= 11 is 0. The minimum Gasteiger partial charge on any atom is -0.377 e. The van der Waals surface area contributed by atoms with Crippen molar-refractivity contribution in [3.05, 3.63) is 24.3 Å². The molecule has 12 heavy (non-hydrogen) atoms. The molecule has 0 aromatic carbocycles. The van der Waals surface area contributed by atoms with Crippen LogP contribution in [0.1, 0.15) is 33.1 Å². The number of hydrogen-bond donors (Lipinski definition) is 0. The summed E-state index contributed by atoms with van der Waals surface area (Å²) in [6.07, 6.45) is 7.52. The molecule has 0 unspecified atom stereocenters. The van der Waals surface area contributed by atoms with E-state index in [9.17, 15) is 0 Å². The zero-order chi connectivity index (χ0) is 9.23. The van der Waals surface area contributed by atoms with Crippen LogP contribution >= 0.6 is 0 Å². The largest absolute Gasteiger partial charge is 0.377 e. The van der Waals surface area contributed by atoms with Gasteiger partial charge >= 0.3 is 0 Å². The average molecular weight is 168 g/mol. The highest BCUT2D eigenvalue weighted by Gasteiger charge is 1.94. The topological polar surface area (TPSA) is 9.23 Å². The van der Waals surface area contributed by atoms with Crippen LogP contribution in [-0.2, 0) is 4.74 Å². The molecule has 0 radical (unpaired) electrons. The molecule has 0 aliphatic carbocycles. The molecule has 70 valence electrons. The molecule has 0 fully saturated rings. The highest BCUT2D eigenvalue weighted by Crippen LogP contribution is 2.07. The molecule has 1 heteroatoms. The molecule has 0 heterocycles. The molecule has 1 nitrogen and oxygen atoms in total. The van der Waals surface area contributed by atoms with Gasteiger partial charge in [0.05, 0.1) is 6.61 Å².